The number of hydrogen-bond acceptors (Lipinski definition) is 4. The van der Waals surface area contributed by atoms with E-state index in [-0.39, 0.29) is 18.1 Å². The highest BCUT2D eigenvalue weighted by Crippen LogP contribution is 2.16. The molecule has 8 nitrogen and oxygen atoms in total. The topological polar surface area (TPSA) is 88.8 Å². The minimum absolute atomic E-state index is 0.0365. The van der Waals surface area contributed by atoms with Crippen LogP contribution in [0.3, 0.4) is 0 Å². The molecule has 1 N–H and O–H groups in total. The number of rotatable bonds is 5. The second-order valence-electron chi connectivity index (χ2n) is 6.81. The molecule has 4 rings (SSSR count). The van der Waals surface area contributed by atoms with Crippen LogP contribution in [-0.2, 0) is 37.3 Å². The van der Waals surface area contributed by atoms with Gasteiger partial charge in [0.1, 0.15) is 12.4 Å². The number of carbonyl (C=O) groups excluding carboxylic acids is 1. The van der Waals surface area contributed by atoms with Crippen molar-refractivity contribution >= 4 is 5.91 Å². The van der Waals surface area contributed by atoms with Crippen molar-refractivity contribution in [3.63, 3.8) is 0 Å². The summed E-state index contributed by atoms with van der Waals surface area (Å²) in [5, 5.41) is 11.3. The zero-order valence-electron chi connectivity index (χ0n) is 15.3. The monoisotopic (exact) mass is 366 g/mol. The SMILES string of the molecule is Cc1nn(CC(=O)N2CCc3[nH]ncc3C2)c(=O)n1CCc1ccccc1. The molecule has 0 unspecified atom stereocenters. The molecule has 3 aromatic rings. The number of aromatic amines is 1. The summed E-state index contributed by atoms with van der Waals surface area (Å²) in [6.07, 6.45) is 3.25. The minimum atomic E-state index is -0.238. The Labute approximate surface area is 156 Å². The van der Waals surface area contributed by atoms with Crippen LogP contribution in [0.5, 0.6) is 0 Å². The Morgan fingerprint density at radius 1 is 1.26 bits per heavy atom. The Bertz CT molecular complexity index is 1000. The molecule has 0 saturated carbocycles. The number of benzene rings is 1. The molecule has 2 aromatic heterocycles. The van der Waals surface area contributed by atoms with Gasteiger partial charge in [0.25, 0.3) is 0 Å². The van der Waals surface area contributed by atoms with E-state index in [1.807, 2.05) is 30.3 Å². The molecule has 0 saturated heterocycles. The Hall–Kier alpha value is -3.16. The van der Waals surface area contributed by atoms with Crippen LogP contribution in [0, 0.1) is 6.92 Å². The van der Waals surface area contributed by atoms with E-state index in [4.69, 9.17) is 0 Å². The number of H-pyrrole nitrogens is 1. The number of amides is 1. The first kappa shape index (κ1) is 17.3. The average Bonchev–Trinajstić information content (AvgIpc) is 3.25. The highest BCUT2D eigenvalue weighted by Gasteiger charge is 2.23. The van der Waals surface area contributed by atoms with Gasteiger partial charge in [0.05, 0.1) is 6.20 Å². The van der Waals surface area contributed by atoms with Crippen molar-refractivity contribution in [3.8, 4) is 0 Å². The molecule has 0 bridgehead atoms. The number of nitrogens with one attached hydrogen (secondary N) is 1. The van der Waals surface area contributed by atoms with Crippen molar-refractivity contribution in [2.75, 3.05) is 6.54 Å². The number of fused-ring (bicyclic) bond motifs is 1. The normalized spacial score (nSPS) is 13.6. The minimum Gasteiger partial charge on any atom is -0.336 e. The molecular weight excluding hydrogens is 344 g/mol. The van der Waals surface area contributed by atoms with Crippen LogP contribution in [0.4, 0.5) is 0 Å². The van der Waals surface area contributed by atoms with Crippen molar-refractivity contribution in [1.29, 1.82) is 0 Å². The van der Waals surface area contributed by atoms with E-state index >= 15 is 0 Å². The summed E-state index contributed by atoms with van der Waals surface area (Å²) in [4.78, 5) is 27.1. The molecule has 0 fully saturated rings. The van der Waals surface area contributed by atoms with E-state index in [1.165, 1.54) is 4.68 Å². The number of aryl methyl sites for hydroxylation is 2. The van der Waals surface area contributed by atoms with Crippen LogP contribution in [0.15, 0.2) is 41.3 Å². The van der Waals surface area contributed by atoms with Crippen LogP contribution >= 0.6 is 0 Å². The van der Waals surface area contributed by atoms with Gasteiger partial charge in [-0.15, -0.1) is 0 Å². The fourth-order valence-electron chi connectivity index (χ4n) is 3.46. The largest absolute Gasteiger partial charge is 0.346 e. The molecule has 1 aromatic carbocycles. The van der Waals surface area contributed by atoms with Gasteiger partial charge in [-0.2, -0.15) is 10.2 Å². The zero-order valence-corrected chi connectivity index (χ0v) is 15.3. The molecule has 0 atom stereocenters. The third-order valence-corrected chi connectivity index (χ3v) is 5.01. The Kier molecular flexibility index (Phi) is 4.62. The molecule has 3 heterocycles. The van der Waals surface area contributed by atoms with Crippen LogP contribution < -0.4 is 5.69 Å². The van der Waals surface area contributed by atoms with Crippen LogP contribution in [-0.4, -0.2) is 41.9 Å². The molecule has 8 heteroatoms. The number of hydrogen-bond donors (Lipinski definition) is 1. The first-order valence-corrected chi connectivity index (χ1v) is 9.09. The quantitative estimate of drug-likeness (QED) is 0.727. The molecular formula is C19H22N6O2. The summed E-state index contributed by atoms with van der Waals surface area (Å²) >= 11 is 0. The predicted octanol–water partition coefficient (Wildman–Crippen LogP) is 0.904. The van der Waals surface area contributed by atoms with Gasteiger partial charge in [-0.1, -0.05) is 30.3 Å². The molecule has 1 amide bonds. The van der Waals surface area contributed by atoms with Gasteiger partial charge in [-0.05, 0) is 18.9 Å². The number of aromatic nitrogens is 5. The van der Waals surface area contributed by atoms with Gasteiger partial charge in [0.15, 0.2) is 0 Å². The van der Waals surface area contributed by atoms with E-state index in [9.17, 15) is 9.59 Å². The second-order valence-corrected chi connectivity index (χ2v) is 6.81. The number of nitrogens with zero attached hydrogens (tertiary/aromatic N) is 5. The summed E-state index contributed by atoms with van der Waals surface area (Å²) in [7, 11) is 0. The van der Waals surface area contributed by atoms with Crippen molar-refractivity contribution in [1.82, 2.24) is 29.4 Å². The maximum atomic E-state index is 12.7. The van der Waals surface area contributed by atoms with E-state index in [2.05, 4.69) is 15.3 Å². The van der Waals surface area contributed by atoms with E-state index in [1.54, 1.807) is 22.6 Å². The fraction of sp³-hybridized carbons (Fsp3) is 0.368. The summed E-state index contributed by atoms with van der Waals surface area (Å²) in [6, 6.07) is 10.0. The summed E-state index contributed by atoms with van der Waals surface area (Å²) < 4.78 is 2.90. The maximum absolute atomic E-state index is 12.7. The van der Waals surface area contributed by atoms with Gasteiger partial charge in [0.2, 0.25) is 5.91 Å². The van der Waals surface area contributed by atoms with Crippen LogP contribution in [0.1, 0.15) is 22.6 Å². The van der Waals surface area contributed by atoms with Crippen molar-refractivity contribution in [2.45, 2.75) is 39.4 Å². The lowest BCUT2D eigenvalue weighted by Gasteiger charge is -2.26. The first-order valence-electron chi connectivity index (χ1n) is 9.09. The smallest absolute Gasteiger partial charge is 0.336 e. The highest BCUT2D eigenvalue weighted by atomic mass is 16.2. The lowest BCUT2D eigenvalue weighted by Crippen LogP contribution is -2.40. The Balaban J connectivity index is 1.44. The molecule has 27 heavy (non-hydrogen) atoms. The van der Waals surface area contributed by atoms with Crippen molar-refractivity contribution in [3.05, 3.63) is 69.7 Å². The standard InChI is InChI=1S/C19H22N6O2/c1-14-22-25(19(27)24(14)10-7-15-5-3-2-4-6-15)13-18(26)23-9-8-17-16(12-23)11-20-21-17/h2-6,11H,7-10,12-13H2,1H3,(H,20,21). The maximum Gasteiger partial charge on any atom is 0.346 e. The van der Waals surface area contributed by atoms with Gasteiger partial charge in [0, 0.05) is 37.3 Å². The molecule has 0 spiro atoms. The molecule has 1 aliphatic rings. The van der Waals surface area contributed by atoms with Crippen LogP contribution in [0.2, 0.25) is 0 Å². The highest BCUT2D eigenvalue weighted by molar-refractivity contribution is 5.76. The second kappa shape index (κ2) is 7.22. The molecule has 0 radical (unpaired) electrons. The third kappa shape index (κ3) is 3.55. The average molecular weight is 366 g/mol. The lowest BCUT2D eigenvalue weighted by molar-refractivity contribution is -0.133. The van der Waals surface area contributed by atoms with Crippen molar-refractivity contribution < 1.29 is 4.79 Å². The summed E-state index contributed by atoms with van der Waals surface area (Å²) in [5.74, 6) is 0.524. The third-order valence-electron chi connectivity index (χ3n) is 5.01. The Morgan fingerprint density at radius 2 is 2.07 bits per heavy atom. The number of carbonyl (C=O) groups is 1. The molecule has 0 aliphatic carbocycles. The molecule has 1 aliphatic heterocycles. The summed E-state index contributed by atoms with van der Waals surface area (Å²) in [5.41, 5.74) is 3.04. The van der Waals surface area contributed by atoms with Gasteiger partial charge in [-0.25, -0.2) is 9.48 Å². The van der Waals surface area contributed by atoms with Gasteiger partial charge in [-0.3, -0.25) is 14.5 Å². The zero-order chi connectivity index (χ0) is 18.8. The predicted molar refractivity (Wildman–Crippen MR) is 99.1 cm³/mol. The van der Waals surface area contributed by atoms with E-state index in [0.717, 1.165) is 29.7 Å². The Morgan fingerprint density at radius 3 is 2.89 bits per heavy atom. The van der Waals surface area contributed by atoms with Crippen molar-refractivity contribution in [2.24, 2.45) is 0 Å². The fourth-order valence-corrected chi connectivity index (χ4v) is 3.46. The summed E-state index contributed by atoms with van der Waals surface area (Å²) in [6.45, 7) is 3.45. The first-order chi connectivity index (χ1) is 13.1. The van der Waals surface area contributed by atoms with E-state index < -0.39 is 0 Å². The lowest BCUT2D eigenvalue weighted by atomic mass is 10.1. The van der Waals surface area contributed by atoms with Gasteiger partial charge >= 0.3 is 5.69 Å². The van der Waals surface area contributed by atoms with Gasteiger partial charge < -0.3 is 4.90 Å². The molecule has 140 valence electrons. The van der Waals surface area contributed by atoms with Crippen LogP contribution in [0.25, 0.3) is 0 Å². The van der Waals surface area contributed by atoms with E-state index in [0.29, 0.717) is 25.5 Å².